The minimum Gasteiger partial charge on any atom is -0.489 e. The Morgan fingerprint density at radius 3 is 2.54 bits per heavy atom. The third-order valence-corrected chi connectivity index (χ3v) is 6.48. The summed E-state index contributed by atoms with van der Waals surface area (Å²) in [7, 11) is 0. The number of hydrogen-bond donors (Lipinski definition) is 2. The molecule has 3 aromatic carbocycles. The van der Waals surface area contributed by atoms with Crippen LogP contribution in [0.2, 0.25) is 0 Å². The standard InChI is InChI=1S/C27H24BrN5O2/c1-17-5-3-4-6-23(17)32-26(34)24-18(2)31-27-29-16-30-33(27)25(24)20-9-13-22(14-10-20)35-15-19-7-11-21(28)12-8-19/h3-14,16,25H,15H2,1-2H3,(H,32,34)(H,29,30,31). The first-order valence-corrected chi connectivity index (χ1v) is 12.0. The second-order valence-corrected chi connectivity index (χ2v) is 9.26. The van der Waals surface area contributed by atoms with Gasteiger partial charge in [-0.05, 0) is 60.9 Å². The maximum atomic E-state index is 13.5. The van der Waals surface area contributed by atoms with Crippen LogP contribution in [-0.4, -0.2) is 20.7 Å². The number of halogens is 1. The van der Waals surface area contributed by atoms with Crippen molar-refractivity contribution in [2.24, 2.45) is 0 Å². The predicted molar refractivity (Wildman–Crippen MR) is 139 cm³/mol. The number of para-hydroxylation sites is 1. The first kappa shape index (κ1) is 22.9. The summed E-state index contributed by atoms with van der Waals surface area (Å²) >= 11 is 3.45. The van der Waals surface area contributed by atoms with E-state index in [4.69, 9.17) is 4.74 Å². The van der Waals surface area contributed by atoms with Crippen molar-refractivity contribution < 1.29 is 9.53 Å². The van der Waals surface area contributed by atoms with Crippen LogP contribution in [0, 0.1) is 6.92 Å². The van der Waals surface area contributed by atoms with E-state index in [0.29, 0.717) is 18.1 Å². The lowest BCUT2D eigenvalue weighted by Crippen LogP contribution is -2.31. The molecule has 1 unspecified atom stereocenters. The van der Waals surface area contributed by atoms with E-state index in [1.54, 1.807) is 4.68 Å². The maximum Gasteiger partial charge on any atom is 0.255 e. The van der Waals surface area contributed by atoms with Gasteiger partial charge in [0.05, 0.1) is 5.57 Å². The van der Waals surface area contributed by atoms with E-state index in [-0.39, 0.29) is 5.91 Å². The van der Waals surface area contributed by atoms with Crippen molar-refractivity contribution in [2.75, 3.05) is 10.6 Å². The van der Waals surface area contributed by atoms with E-state index in [1.807, 2.05) is 86.6 Å². The zero-order chi connectivity index (χ0) is 24.4. The van der Waals surface area contributed by atoms with Crippen molar-refractivity contribution in [3.63, 3.8) is 0 Å². The Labute approximate surface area is 212 Å². The quantitative estimate of drug-likeness (QED) is 0.327. The number of rotatable bonds is 6. The van der Waals surface area contributed by atoms with Gasteiger partial charge in [-0.3, -0.25) is 4.79 Å². The Morgan fingerprint density at radius 2 is 1.80 bits per heavy atom. The number of amides is 1. The molecule has 4 aromatic rings. The predicted octanol–water partition coefficient (Wildman–Crippen LogP) is 5.86. The van der Waals surface area contributed by atoms with Crippen molar-refractivity contribution in [2.45, 2.75) is 26.5 Å². The van der Waals surface area contributed by atoms with Crippen LogP contribution >= 0.6 is 15.9 Å². The van der Waals surface area contributed by atoms with Gasteiger partial charge in [-0.2, -0.15) is 10.1 Å². The summed E-state index contributed by atoms with van der Waals surface area (Å²) in [5.41, 5.74) is 5.07. The third kappa shape index (κ3) is 4.83. The lowest BCUT2D eigenvalue weighted by molar-refractivity contribution is -0.113. The summed E-state index contributed by atoms with van der Waals surface area (Å²) in [6, 6.07) is 23.1. The molecule has 1 aliphatic heterocycles. The number of nitrogens with zero attached hydrogens (tertiary/aromatic N) is 3. The highest BCUT2D eigenvalue weighted by molar-refractivity contribution is 9.10. The van der Waals surface area contributed by atoms with Crippen molar-refractivity contribution in [1.82, 2.24) is 14.8 Å². The van der Waals surface area contributed by atoms with Gasteiger partial charge >= 0.3 is 0 Å². The summed E-state index contributed by atoms with van der Waals surface area (Å²) in [6.07, 6.45) is 1.49. The first-order chi connectivity index (χ1) is 17.0. The van der Waals surface area contributed by atoms with Crippen molar-refractivity contribution in [1.29, 1.82) is 0 Å². The molecule has 1 atom stereocenters. The minimum absolute atomic E-state index is 0.189. The van der Waals surface area contributed by atoms with Gasteiger partial charge in [0.2, 0.25) is 5.95 Å². The Balaban J connectivity index is 1.41. The molecule has 1 aromatic heterocycles. The number of ether oxygens (including phenoxy) is 1. The normalized spacial score (nSPS) is 14.8. The molecule has 0 fully saturated rings. The number of benzene rings is 3. The van der Waals surface area contributed by atoms with E-state index in [0.717, 1.165) is 38.3 Å². The number of hydrogen-bond acceptors (Lipinski definition) is 5. The Kier molecular flexibility index (Phi) is 6.37. The number of carbonyl (C=O) groups excluding carboxylic acids is 1. The van der Waals surface area contributed by atoms with Crippen molar-refractivity contribution in [3.05, 3.63) is 112 Å². The van der Waals surface area contributed by atoms with Crippen LogP contribution in [-0.2, 0) is 11.4 Å². The molecule has 0 spiro atoms. The first-order valence-electron chi connectivity index (χ1n) is 11.2. The molecule has 35 heavy (non-hydrogen) atoms. The average Bonchev–Trinajstić information content (AvgIpc) is 3.32. The largest absolute Gasteiger partial charge is 0.489 e. The lowest BCUT2D eigenvalue weighted by Gasteiger charge is -2.29. The molecule has 0 aliphatic carbocycles. The molecule has 0 radical (unpaired) electrons. The second-order valence-electron chi connectivity index (χ2n) is 8.35. The smallest absolute Gasteiger partial charge is 0.255 e. The lowest BCUT2D eigenvalue weighted by atomic mass is 9.95. The highest BCUT2D eigenvalue weighted by Crippen LogP contribution is 2.36. The number of aryl methyl sites for hydroxylation is 1. The zero-order valence-electron chi connectivity index (χ0n) is 19.3. The monoisotopic (exact) mass is 529 g/mol. The minimum atomic E-state index is -0.432. The van der Waals surface area contributed by atoms with Crippen LogP contribution in [0.4, 0.5) is 11.6 Å². The molecule has 5 rings (SSSR count). The van der Waals surface area contributed by atoms with Gasteiger partial charge in [0.25, 0.3) is 5.91 Å². The second kappa shape index (κ2) is 9.76. The molecular weight excluding hydrogens is 506 g/mol. The summed E-state index contributed by atoms with van der Waals surface area (Å²) in [5, 5.41) is 10.7. The summed E-state index contributed by atoms with van der Waals surface area (Å²) < 4.78 is 8.73. The number of nitrogens with one attached hydrogen (secondary N) is 2. The van der Waals surface area contributed by atoms with Crippen molar-refractivity contribution in [3.8, 4) is 5.75 Å². The van der Waals surface area contributed by atoms with Crippen LogP contribution in [0.1, 0.15) is 29.7 Å². The number of carbonyl (C=O) groups is 1. The van der Waals surface area contributed by atoms with Crippen LogP contribution in [0.25, 0.3) is 0 Å². The topological polar surface area (TPSA) is 81.1 Å². The van der Waals surface area contributed by atoms with Crippen molar-refractivity contribution >= 4 is 33.5 Å². The molecule has 1 amide bonds. The van der Waals surface area contributed by atoms with Crippen LogP contribution < -0.4 is 15.4 Å². The molecule has 2 heterocycles. The Morgan fingerprint density at radius 1 is 1.06 bits per heavy atom. The van der Waals surface area contributed by atoms with Gasteiger partial charge in [-0.15, -0.1) is 0 Å². The molecular formula is C27H24BrN5O2. The molecule has 2 N–H and O–H groups in total. The highest BCUT2D eigenvalue weighted by Gasteiger charge is 2.33. The van der Waals surface area contributed by atoms with Gasteiger partial charge in [0.1, 0.15) is 24.7 Å². The molecule has 8 heteroatoms. The van der Waals surface area contributed by atoms with E-state index < -0.39 is 6.04 Å². The fraction of sp³-hybridized carbons (Fsp3) is 0.148. The van der Waals surface area contributed by atoms with Gasteiger partial charge in [0.15, 0.2) is 0 Å². The van der Waals surface area contributed by atoms with Gasteiger partial charge in [-0.1, -0.05) is 58.4 Å². The fourth-order valence-electron chi connectivity index (χ4n) is 4.09. The molecule has 1 aliphatic rings. The molecule has 0 saturated carbocycles. The number of allylic oxidation sites excluding steroid dienone is 1. The molecule has 0 bridgehead atoms. The molecule has 7 nitrogen and oxygen atoms in total. The molecule has 176 valence electrons. The van der Waals surface area contributed by atoms with E-state index in [1.165, 1.54) is 6.33 Å². The van der Waals surface area contributed by atoms with E-state index in [2.05, 4.69) is 36.6 Å². The van der Waals surface area contributed by atoms with Crippen LogP contribution in [0.3, 0.4) is 0 Å². The SMILES string of the molecule is CC1=C(C(=O)Nc2ccccc2C)C(c2ccc(OCc3ccc(Br)cc3)cc2)n2ncnc2N1. The van der Waals surface area contributed by atoms with Gasteiger partial charge in [0, 0.05) is 15.9 Å². The van der Waals surface area contributed by atoms with Crippen LogP contribution in [0.15, 0.2) is 94.9 Å². The fourth-order valence-corrected chi connectivity index (χ4v) is 4.35. The van der Waals surface area contributed by atoms with E-state index >= 15 is 0 Å². The van der Waals surface area contributed by atoms with Gasteiger partial charge in [-0.25, -0.2) is 4.68 Å². The zero-order valence-corrected chi connectivity index (χ0v) is 20.9. The highest BCUT2D eigenvalue weighted by atomic mass is 79.9. The summed E-state index contributed by atoms with van der Waals surface area (Å²) in [6.45, 7) is 4.32. The van der Waals surface area contributed by atoms with Gasteiger partial charge < -0.3 is 15.4 Å². The summed E-state index contributed by atoms with van der Waals surface area (Å²) in [4.78, 5) is 17.8. The van der Waals surface area contributed by atoms with Crippen LogP contribution in [0.5, 0.6) is 5.75 Å². The summed E-state index contributed by atoms with van der Waals surface area (Å²) in [5.74, 6) is 1.15. The maximum absolute atomic E-state index is 13.5. The van der Waals surface area contributed by atoms with E-state index in [9.17, 15) is 4.79 Å². The number of fused-ring (bicyclic) bond motifs is 1. The third-order valence-electron chi connectivity index (χ3n) is 5.95. The Hall–Kier alpha value is -3.91. The number of anilines is 2. The number of aromatic nitrogens is 3. The molecule has 0 saturated heterocycles. The average molecular weight is 530 g/mol. The Bertz CT molecular complexity index is 1390.